The molecule has 0 saturated heterocycles. The molecule has 6 heteroatoms. The molecule has 16 heavy (non-hydrogen) atoms. The van der Waals surface area contributed by atoms with Crippen molar-refractivity contribution in [2.24, 2.45) is 0 Å². The topological polar surface area (TPSA) is 81.1 Å². The molecule has 0 spiro atoms. The number of rotatable bonds is 6. The number of likely N-dealkylation sites (N-methyl/N-ethyl adjacent to an activating group) is 2. The Morgan fingerprint density at radius 3 is 1.38 bits per heavy atom. The fourth-order valence-corrected chi connectivity index (χ4v) is 1.32. The van der Waals surface area contributed by atoms with Gasteiger partial charge in [0.05, 0.1) is 13.2 Å². The number of hydrogen-bond donors (Lipinski definition) is 2. The number of carbonyl (C=O) groups is 2. The van der Waals surface area contributed by atoms with Crippen LogP contribution >= 0.6 is 0 Å². The molecule has 94 valence electrons. The Kier molecular flexibility index (Phi) is 7.49. The zero-order valence-corrected chi connectivity index (χ0v) is 9.85. The summed E-state index contributed by atoms with van der Waals surface area (Å²) in [7, 11) is 0. The van der Waals surface area contributed by atoms with Crippen LogP contribution in [-0.4, -0.2) is 71.2 Å². The van der Waals surface area contributed by atoms with E-state index in [0.717, 1.165) is 0 Å². The maximum absolute atomic E-state index is 11.7. The molecule has 0 aromatic heterocycles. The first-order chi connectivity index (χ1) is 7.62. The number of nitrogens with zero attached hydrogens (tertiary/aromatic N) is 2. The van der Waals surface area contributed by atoms with E-state index in [1.807, 2.05) is 0 Å². The van der Waals surface area contributed by atoms with Crippen LogP contribution in [0, 0.1) is 0 Å². The summed E-state index contributed by atoms with van der Waals surface area (Å²) >= 11 is 0. The van der Waals surface area contributed by atoms with Crippen LogP contribution in [0.4, 0.5) is 0 Å². The van der Waals surface area contributed by atoms with Gasteiger partial charge in [-0.2, -0.15) is 0 Å². The summed E-state index contributed by atoms with van der Waals surface area (Å²) in [6.07, 6.45) is 0. The SMILES string of the molecule is CCN(CCO)C(=O)C(=O)N(CC)CCO. The lowest BCUT2D eigenvalue weighted by atomic mass is 10.3. The van der Waals surface area contributed by atoms with Crippen molar-refractivity contribution in [3.05, 3.63) is 0 Å². The molecule has 0 aromatic carbocycles. The molecule has 2 N–H and O–H groups in total. The van der Waals surface area contributed by atoms with Crippen LogP contribution in [0.5, 0.6) is 0 Å². The molecule has 2 amide bonds. The highest BCUT2D eigenvalue weighted by Crippen LogP contribution is 1.96. The molecule has 6 nitrogen and oxygen atoms in total. The summed E-state index contributed by atoms with van der Waals surface area (Å²) in [6.45, 7) is 4.20. The molecule has 0 unspecified atom stereocenters. The van der Waals surface area contributed by atoms with E-state index in [1.54, 1.807) is 13.8 Å². The zero-order valence-electron chi connectivity index (χ0n) is 9.85. The first-order valence-corrected chi connectivity index (χ1v) is 5.42. The second kappa shape index (κ2) is 8.06. The summed E-state index contributed by atoms with van der Waals surface area (Å²) in [5.74, 6) is -1.27. The summed E-state index contributed by atoms with van der Waals surface area (Å²) in [5, 5.41) is 17.5. The van der Waals surface area contributed by atoms with Gasteiger partial charge < -0.3 is 20.0 Å². The van der Waals surface area contributed by atoms with Gasteiger partial charge in [-0.1, -0.05) is 0 Å². The summed E-state index contributed by atoms with van der Waals surface area (Å²) in [6, 6.07) is 0. The minimum absolute atomic E-state index is 0.151. The summed E-state index contributed by atoms with van der Waals surface area (Å²) < 4.78 is 0. The number of carbonyl (C=O) groups excluding carboxylic acids is 2. The minimum atomic E-state index is -0.633. The molecular weight excluding hydrogens is 212 g/mol. The molecule has 0 aromatic rings. The van der Waals surface area contributed by atoms with Crippen molar-refractivity contribution < 1.29 is 19.8 Å². The van der Waals surface area contributed by atoms with E-state index < -0.39 is 11.8 Å². The molecule has 0 radical (unpaired) electrons. The number of aliphatic hydroxyl groups excluding tert-OH is 2. The highest BCUT2D eigenvalue weighted by atomic mass is 16.3. The van der Waals surface area contributed by atoms with Gasteiger partial charge in [-0.15, -0.1) is 0 Å². The predicted octanol–water partition coefficient (Wildman–Crippen LogP) is -1.33. The van der Waals surface area contributed by atoms with E-state index in [9.17, 15) is 9.59 Å². The monoisotopic (exact) mass is 232 g/mol. The Labute approximate surface area is 95.5 Å². The molecule has 0 aliphatic rings. The van der Waals surface area contributed by atoms with Gasteiger partial charge in [-0.05, 0) is 13.8 Å². The van der Waals surface area contributed by atoms with E-state index in [0.29, 0.717) is 13.1 Å². The van der Waals surface area contributed by atoms with Gasteiger partial charge in [0.25, 0.3) is 0 Å². The number of amides is 2. The van der Waals surface area contributed by atoms with Crippen LogP contribution in [-0.2, 0) is 9.59 Å². The maximum atomic E-state index is 11.7. The van der Waals surface area contributed by atoms with Gasteiger partial charge in [0, 0.05) is 26.2 Å². The molecule has 0 fully saturated rings. The van der Waals surface area contributed by atoms with Crippen molar-refractivity contribution in [3.8, 4) is 0 Å². The number of hydrogen-bond acceptors (Lipinski definition) is 4. The van der Waals surface area contributed by atoms with Crippen molar-refractivity contribution >= 4 is 11.8 Å². The van der Waals surface area contributed by atoms with E-state index in [-0.39, 0.29) is 26.3 Å². The van der Waals surface area contributed by atoms with Crippen LogP contribution in [0.25, 0.3) is 0 Å². The Morgan fingerprint density at radius 1 is 0.875 bits per heavy atom. The van der Waals surface area contributed by atoms with Crippen molar-refractivity contribution in [1.82, 2.24) is 9.80 Å². The molecule has 0 rings (SSSR count). The van der Waals surface area contributed by atoms with E-state index in [4.69, 9.17) is 10.2 Å². The highest BCUT2D eigenvalue weighted by molar-refractivity contribution is 6.34. The molecule has 0 heterocycles. The Hall–Kier alpha value is -1.14. The predicted molar refractivity (Wildman–Crippen MR) is 58.7 cm³/mol. The summed E-state index contributed by atoms with van der Waals surface area (Å²) in [4.78, 5) is 25.9. The third-order valence-electron chi connectivity index (χ3n) is 2.26. The van der Waals surface area contributed by atoms with Crippen LogP contribution in [0.15, 0.2) is 0 Å². The normalized spacial score (nSPS) is 10.0. The second-order valence-corrected chi connectivity index (χ2v) is 3.22. The van der Waals surface area contributed by atoms with Gasteiger partial charge in [0.2, 0.25) is 0 Å². The average Bonchev–Trinajstić information content (AvgIpc) is 2.31. The molecule has 0 saturated carbocycles. The van der Waals surface area contributed by atoms with E-state index >= 15 is 0 Å². The second-order valence-electron chi connectivity index (χ2n) is 3.22. The smallest absolute Gasteiger partial charge is 0.312 e. The number of aliphatic hydroxyl groups is 2. The largest absolute Gasteiger partial charge is 0.395 e. The molecular formula is C10H20N2O4. The molecule has 0 bridgehead atoms. The Morgan fingerprint density at radius 2 is 1.19 bits per heavy atom. The van der Waals surface area contributed by atoms with E-state index in [1.165, 1.54) is 9.80 Å². The van der Waals surface area contributed by atoms with Crippen molar-refractivity contribution in [1.29, 1.82) is 0 Å². The quantitative estimate of drug-likeness (QED) is 0.556. The third-order valence-corrected chi connectivity index (χ3v) is 2.26. The fourth-order valence-electron chi connectivity index (χ4n) is 1.32. The van der Waals surface area contributed by atoms with Crippen LogP contribution in [0.3, 0.4) is 0 Å². The molecule has 0 aliphatic carbocycles. The van der Waals surface area contributed by atoms with Gasteiger partial charge in [-0.25, -0.2) is 0 Å². The van der Waals surface area contributed by atoms with Gasteiger partial charge >= 0.3 is 11.8 Å². The maximum Gasteiger partial charge on any atom is 0.312 e. The molecule has 0 aliphatic heterocycles. The van der Waals surface area contributed by atoms with Crippen molar-refractivity contribution in [2.45, 2.75) is 13.8 Å². The first-order valence-electron chi connectivity index (χ1n) is 5.42. The third kappa shape index (κ3) is 4.16. The first kappa shape index (κ1) is 14.9. The summed E-state index contributed by atoms with van der Waals surface area (Å²) in [5.41, 5.74) is 0. The van der Waals surface area contributed by atoms with Gasteiger partial charge in [0.1, 0.15) is 0 Å². The van der Waals surface area contributed by atoms with Crippen LogP contribution in [0.2, 0.25) is 0 Å². The van der Waals surface area contributed by atoms with Crippen LogP contribution < -0.4 is 0 Å². The van der Waals surface area contributed by atoms with E-state index in [2.05, 4.69) is 0 Å². The van der Waals surface area contributed by atoms with Gasteiger partial charge in [-0.3, -0.25) is 9.59 Å². The molecule has 0 atom stereocenters. The van der Waals surface area contributed by atoms with Crippen molar-refractivity contribution in [2.75, 3.05) is 39.4 Å². The fraction of sp³-hybridized carbons (Fsp3) is 0.800. The van der Waals surface area contributed by atoms with Gasteiger partial charge in [0.15, 0.2) is 0 Å². The van der Waals surface area contributed by atoms with Crippen molar-refractivity contribution in [3.63, 3.8) is 0 Å². The average molecular weight is 232 g/mol. The standard InChI is InChI=1S/C10H20N2O4/c1-3-11(5-7-13)9(15)10(16)12(4-2)6-8-14/h13-14H,3-8H2,1-2H3. The highest BCUT2D eigenvalue weighted by Gasteiger charge is 2.24. The lowest BCUT2D eigenvalue weighted by molar-refractivity contribution is -0.152. The lowest BCUT2D eigenvalue weighted by Crippen LogP contribution is -2.46. The lowest BCUT2D eigenvalue weighted by Gasteiger charge is -2.24. The van der Waals surface area contributed by atoms with Crippen LogP contribution in [0.1, 0.15) is 13.8 Å². The Bertz CT molecular complexity index is 209. The Balaban J connectivity index is 4.49. The zero-order chi connectivity index (χ0) is 12.6. The minimum Gasteiger partial charge on any atom is -0.395 e.